The van der Waals surface area contributed by atoms with E-state index in [1.165, 1.54) is 11.7 Å². The number of hydrogen-bond donors (Lipinski definition) is 0. The van der Waals surface area contributed by atoms with Crippen molar-refractivity contribution in [1.29, 1.82) is 0 Å². The van der Waals surface area contributed by atoms with E-state index in [9.17, 15) is 0 Å². The topological polar surface area (TPSA) is 0 Å². The SMILES string of the molecule is CC(C)(C)P(CC=Cc1ccccc1)C(C)(C)C.[Pd]. The van der Waals surface area contributed by atoms with E-state index in [2.05, 4.69) is 84.0 Å². The zero-order chi connectivity index (χ0) is 13.8. The van der Waals surface area contributed by atoms with Gasteiger partial charge in [0, 0.05) is 20.4 Å². The molecular weight excluding hydrogens is 342 g/mol. The van der Waals surface area contributed by atoms with Crippen LogP contribution in [0.1, 0.15) is 47.1 Å². The third-order valence-corrected chi connectivity index (χ3v) is 6.83. The van der Waals surface area contributed by atoms with Crippen molar-refractivity contribution in [2.75, 3.05) is 6.16 Å². The molecule has 0 saturated carbocycles. The average molecular weight is 369 g/mol. The van der Waals surface area contributed by atoms with Crippen LogP contribution in [0, 0.1) is 0 Å². The van der Waals surface area contributed by atoms with Crippen LogP contribution in [-0.2, 0) is 20.4 Å². The maximum absolute atomic E-state index is 2.38. The summed E-state index contributed by atoms with van der Waals surface area (Å²) in [5.41, 5.74) is 1.30. The molecule has 2 heteroatoms. The summed E-state index contributed by atoms with van der Waals surface area (Å²) in [4.78, 5) is 0. The Hall–Kier alpha value is 0.0523. The molecule has 0 amide bonds. The van der Waals surface area contributed by atoms with E-state index in [1.54, 1.807) is 0 Å². The molecule has 1 aromatic carbocycles. The zero-order valence-electron chi connectivity index (χ0n) is 13.0. The Labute approximate surface area is 134 Å². The maximum Gasteiger partial charge on any atom is 0 e. The van der Waals surface area contributed by atoms with Gasteiger partial charge in [0.2, 0.25) is 0 Å². The first-order valence-corrected chi connectivity index (χ1v) is 8.23. The molecule has 0 unspecified atom stereocenters. The standard InChI is InChI=1S/C17H27P.Pd/c1-16(2,3)18(17(4,5)6)14-10-13-15-11-8-7-9-12-15;/h7-13H,14H2,1-6H3;. The summed E-state index contributed by atoms with van der Waals surface area (Å²) in [5, 5.41) is 0.823. The Morgan fingerprint density at radius 3 is 1.79 bits per heavy atom. The predicted molar refractivity (Wildman–Crippen MR) is 86.8 cm³/mol. The molecule has 0 bridgehead atoms. The second kappa shape index (κ2) is 7.73. The van der Waals surface area contributed by atoms with Gasteiger partial charge in [-0.2, -0.15) is 0 Å². The van der Waals surface area contributed by atoms with E-state index in [-0.39, 0.29) is 28.3 Å². The normalized spacial score (nSPS) is 12.8. The second-order valence-corrected chi connectivity index (χ2v) is 10.7. The fourth-order valence-corrected chi connectivity index (χ4v) is 5.84. The van der Waals surface area contributed by atoms with E-state index in [4.69, 9.17) is 0 Å². The van der Waals surface area contributed by atoms with Crippen LogP contribution in [0.3, 0.4) is 0 Å². The molecular formula is C17H27PPd. The Bertz CT molecular complexity index is 368. The number of benzene rings is 1. The van der Waals surface area contributed by atoms with Gasteiger partial charge in [0.25, 0.3) is 0 Å². The molecule has 0 aliphatic carbocycles. The van der Waals surface area contributed by atoms with Crippen LogP contribution in [0.25, 0.3) is 6.08 Å². The largest absolute Gasteiger partial charge is 0.0918 e. The van der Waals surface area contributed by atoms with Crippen molar-refractivity contribution < 1.29 is 20.4 Å². The van der Waals surface area contributed by atoms with Gasteiger partial charge in [0.15, 0.2) is 0 Å². The van der Waals surface area contributed by atoms with Crippen LogP contribution in [0.15, 0.2) is 36.4 Å². The summed E-state index contributed by atoms with van der Waals surface area (Å²) >= 11 is 0. The Morgan fingerprint density at radius 1 is 0.895 bits per heavy atom. The minimum Gasteiger partial charge on any atom is -0.0918 e. The smallest absolute Gasteiger partial charge is 0 e. The van der Waals surface area contributed by atoms with Crippen molar-refractivity contribution in [1.82, 2.24) is 0 Å². The Balaban J connectivity index is 0.00000324. The first-order valence-electron chi connectivity index (χ1n) is 6.70. The van der Waals surface area contributed by atoms with Gasteiger partial charge in [-0.1, -0.05) is 91.9 Å². The number of allylic oxidation sites excluding steroid dienone is 1. The fourth-order valence-electron chi connectivity index (χ4n) is 2.41. The van der Waals surface area contributed by atoms with Crippen molar-refractivity contribution in [2.24, 2.45) is 0 Å². The maximum atomic E-state index is 2.38. The van der Waals surface area contributed by atoms with Crippen LogP contribution in [0.5, 0.6) is 0 Å². The van der Waals surface area contributed by atoms with Crippen molar-refractivity contribution in [2.45, 2.75) is 51.9 Å². The molecule has 0 aromatic heterocycles. The van der Waals surface area contributed by atoms with E-state index in [0.29, 0.717) is 10.3 Å². The Kier molecular flexibility index (Phi) is 7.76. The molecule has 0 nitrogen and oxygen atoms in total. The van der Waals surface area contributed by atoms with Crippen LogP contribution in [-0.4, -0.2) is 16.5 Å². The first-order chi connectivity index (χ1) is 8.21. The molecule has 0 aliphatic rings. The third kappa shape index (κ3) is 6.85. The first kappa shape index (κ1) is 19.1. The van der Waals surface area contributed by atoms with Crippen LogP contribution in [0.4, 0.5) is 0 Å². The quantitative estimate of drug-likeness (QED) is 0.469. The van der Waals surface area contributed by atoms with Gasteiger partial charge < -0.3 is 0 Å². The molecule has 0 aliphatic heterocycles. The van der Waals surface area contributed by atoms with E-state index >= 15 is 0 Å². The summed E-state index contributed by atoms with van der Waals surface area (Å²) in [6, 6.07) is 10.6. The predicted octanol–water partition coefficient (Wildman–Crippen LogP) is 5.78. The van der Waals surface area contributed by atoms with Gasteiger partial charge in [-0.3, -0.25) is 0 Å². The van der Waals surface area contributed by atoms with Gasteiger partial charge in [0.05, 0.1) is 0 Å². The van der Waals surface area contributed by atoms with Crippen molar-refractivity contribution >= 4 is 14.0 Å². The third-order valence-electron chi connectivity index (χ3n) is 3.02. The summed E-state index contributed by atoms with van der Waals surface area (Å²) in [6.45, 7) is 14.3. The monoisotopic (exact) mass is 368 g/mol. The van der Waals surface area contributed by atoms with E-state index in [0.717, 1.165) is 0 Å². The Morgan fingerprint density at radius 2 is 1.37 bits per heavy atom. The minimum absolute atomic E-state index is 0. The molecule has 0 spiro atoms. The summed E-state index contributed by atoms with van der Waals surface area (Å²) < 4.78 is 0. The molecule has 0 atom stereocenters. The summed E-state index contributed by atoms with van der Waals surface area (Å²) in [5.74, 6) is 0. The fraction of sp³-hybridized carbons (Fsp3) is 0.529. The number of rotatable bonds is 3. The van der Waals surface area contributed by atoms with Crippen LogP contribution >= 0.6 is 7.92 Å². The molecule has 1 rings (SSSR count). The second-order valence-electron chi connectivity index (χ2n) is 6.77. The van der Waals surface area contributed by atoms with E-state index in [1.807, 2.05) is 0 Å². The van der Waals surface area contributed by atoms with Gasteiger partial charge >= 0.3 is 0 Å². The molecule has 0 heterocycles. The molecule has 0 saturated heterocycles. The minimum atomic E-state index is -0.0258. The summed E-state index contributed by atoms with van der Waals surface area (Å²) in [6.07, 6.45) is 5.82. The molecule has 0 N–H and O–H groups in total. The van der Waals surface area contributed by atoms with Gasteiger partial charge in [-0.15, -0.1) is 0 Å². The van der Waals surface area contributed by atoms with Crippen molar-refractivity contribution in [3.8, 4) is 0 Å². The van der Waals surface area contributed by atoms with Crippen molar-refractivity contribution in [3.05, 3.63) is 42.0 Å². The molecule has 19 heavy (non-hydrogen) atoms. The van der Waals surface area contributed by atoms with Gasteiger partial charge in [-0.05, 0) is 22.0 Å². The molecule has 110 valence electrons. The van der Waals surface area contributed by atoms with E-state index < -0.39 is 0 Å². The number of hydrogen-bond acceptors (Lipinski definition) is 0. The van der Waals surface area contributed by atoms with Gasteiger partial charge in [-0.25, -0.2) is 0 Å². The summed E-state index contributed by atoms with van der Waals surface area (Å²) in [7, 11) is -0.0258. The molecule has 1 aromatic rings. The van der Waals surface area contributed by atoms with Crippen LogP contribution < -0.4 is 0 Å². The van der Waals surface area contributed by atoms with Crippen molar-refractivity contribution in [3.63, 3.8) is 0 Å². The average Bonchev–Trinajstić information content (AvgIpc) is 2.22. The van der Waals surface area contributed by atoms with Crippen LogP contribution in [0.2, 0.25) is 0 Å². The molecule has 0 radical (unpaired) electrons. The molecule has 0 fully saturated rings. The van der Waals surface area contributed by atoms with Gasteiger partial charge in [0.1, 0.15) is 0 Å². The zero-order valence-corrected chi connectivity index (χ0v) is 15.5.